The summed E-state index contributed by atoms with van der Waals surface area (Å²) in [5.74, 6) is 3.16. The van der Waals surface area contributed by atoms with E-state index in [2.05, 4.69) is 58.7 Å². The third kappa shape index (κ3) is 5.40. The maximum atomic E-state index is 6.33. The van der Waals surface area contributed by atoms with Crippen LogP contribution in [0.2, 0.25) is 0 Å². The van der Waals surface area contributed by atoms with Crippen LogP contribution in [0.4, 0.5) is 0 Å². The Hall–Kier alpha value is -1.99. The van der Waals surface area contributed by atoms with Gasteiger partial charge in [-0.25, -0.2) is 4.31 Å². The number of aromatic nitrogens is 2. The van der Waals surface area contributed by atoms with Gasteiger partial charge in [0.1, 0.15) is 5.60 Å². The van der Waals surface area contributed by atoms with E-state index in [0.717, 1.165) is 75.6 Å². The zero-order chi connectivity index (χ0) is 22.8. The molecule has 1 saturated carbocycles. The van der Waals surface area contributed by atoms with Gasteiger partial charge in [0.15, 0.2) is 11.7 Å². The van der Waals surface area contributed by atoms with E-state index in [9.17, 15) is 0 Å². The molecule has 6 nitrogen and oxygen atoms in total. The number of likely N-dealkylation sites (tertiary alicyclic amines) is 1. The van der Waals surface area contributed by atoms with Crippen molar-refractivity contribution < 1.29 is 9.26 Å². The molecule has 0 amide bonds. The van der Waals surface area contributed by atoms with Crippen LogP contribution in [0, 0.1) is 5.92 Å². The van der Waals surface area contributed by atoms with Crippen LogP contribution < -0.4 is 0 Å². The van der Waals surface area contributed by atoms with Crippen LogP contribution in [0.15, 0.2) is 34.7 Å². The van der Waals surface area contributed by atoms with Crippen LogP contribution >= 0.6 is 11.9 Å². The lowest BCUT2D eigenvalue weighted by Crippen LogP contribution is -2.36. The van der Waals surface area contributed by atoms with Gasteiger partial charge in [0.05, 0.1) is 0 Å². The molecule has 1 saturated heterocycles. The summed E-state index contributed by atoms with van der Waals surface area (Å²) in [5, 5.41) is 4.32. The molecule has 2 aliphatic heterocycles. The van der Waals surface area contributed by atoms with Crippen molar-refractivity contribution >= 4 is 11.9 Å². The summed E-state index contributed by atoms with van der Waals surface area (Å²) in [6, 6.07) is 6.59. The lowest BCUT2D eigenvalue weighted by Gasteiger charge is -2.35. The molecule has 2 aromatic rings. The zero-order valence-corrected chi connectivity index (χ0v) is 21.0. The summed E-state index contributed by atoms with van der Waals surface area (Å²) in [6.07, 6.45) is 12.0. The van der Waals surface area contributed by atoms with Crippen molar-refractivity contribution in [2.75, 3.05) is 25.9 Å². The Morgan fingerprint density at radius 1 is 1.24 bits per heavy atom. The predicted octanol–water partition coefficient (Wildman–Crippen LogP) is 5.45. The second-order valence-corrected chi connectivity index (χ2v) is 10.8. The van der Waals surface area contributed by atoms with E-state index in [0.29, 0.717) is 11.8 Å². The zero-order valence-electron chi connectivity index (χ0n) is 20.2. The summed E-state index contributed by atoms with van der Waals surface area (Å²) in [5.41, 5.74) is 3.93. The van der Waals surface area contributed by atoms with Gasteiger partial charge in [-0.15, -0.1) is 0 Å². The van der Waals surface area contributed by atoms with Crippen LogP contribution in [-0.2, 0) is 24.1 Å². The van der Waals surface area contributed by atoms with Crippen LogP contribution in [0.3, 0.4) is 0 Å². The largest absolute Gasteiger partial charge is 0.473 e. The van der Waals surface area contributed by atoms with Crippen molar-refractivity contribution in [2.45, 2.75) is 70.9 Å². The molecule has 1 aromatic heterocycles. The highest BCUT2D eigenvalue weighted by atomic mass is 32.2. The van der Waals surface area contributed by atoms with Crippen molar-refractivity contribution in [3.8, 4) is 11.5 Å². The third-order valence-corrected chi connectivity index (χ3v) is 8.07. The Kier molecular flexibility index (Phi) is 6.70. The molecular weight excluding hydrogens is 432 g/mol. The van der Waals surface area contributed by atoms with Crippen molar-refractivity contribution in [2.24, 2.45) is 5.92 Å². The molecule has 0 spiro atoms. The van der Waals surface area contributed by atoms with Crippen molar-refractivity contribution in [1.29, 1.82) is 0 Å². The van der Waals surface area contributed by atoms with Gasteiger partial charge in [0.2, 0.25) is 0 Å². The molecular formula is C26H36N4O2S. The lowest BCUT2D eigenvalue weighted by atomic mass is 9.93. The summed E-state index contributed by atoms with van der Waals surface area (Å²) in [7, 11) is 0. The highest BCUT2D eigenvalue weighted by molar-refractivity contribution is 7.96. The fourth-order valence-corrected chi connectivity index (χ4v) is 5.37. The van der Waals surface area contributed by atoms with E-state index in [1.54, 1.807) is 0 Å². The van der Waals surface area contributed by atoms with Crippen LogP contribution in [0.25, 0.3) is 11.5 Å². The molecule has 0 radical (unpaired) electrons. The molecule has 1 aliphatic carbocycles. The van der Waals surface area contributed by atoms with Gasteiger partial charge in [-0.2, -0.15) is 4.98 Å². The number of hydrogen-bond acceptors (Lipinski definition) is 7. The number of allylic oxidation sites excluding steroid dienone is 1. The lowest BCUT2D eigenvalue weighted by molar-refractivity contribution is 0.0302. The Bertz CT molecular complexity index is 992. The average Bonchev–Trinajstić information content (AvgIpc) is 3.38. The van der Waals surface area contributed by atoms with Gasteiger partial charge >= 0.3 is 0 Å². The summed E-state index contributed by atoms with van der Waals surface area (Å²) in [4.78, 5) is 7.18. The summed E-state index contributed by atoms with van der Waals surface area (Å²) in [6.45, 7) is 8.57. The molecule has 1 aromatic carbocycles. The molecule has 33 heavy (non-hydrogen) atoms. The van der Waals surface area contributed by atoms with E-state index >= 15 is 0 Å². The fraction of sp³-hybridized carbons (Fsp3) is 0.615. The van der Waals surface area contributed by atoms with E-state index in [4.69, 9.17) is 14.2 Å². The Morgan fingerprint density at radius 3 is 2.79 bits per heavy atom. The van der Waals surface area contributed by atoms with Crippen LogP contribution in [-0.4, -0.2) is 50.8 Å². The van der Waals surface area contributed by atoms with Gasteiger partial charge in [-0.1, -0.05) is 30.1 Å². The molecule has 0 N–H and O–H groups in total. The van der Waals surface area contributed by atoms with E-state index in [-0.39, 0.29) is 5.60 Å². The Balaban J connectivity index is 1.17. The minimum absolute atomic E-state index is 0.0733. The van der Waals surface area contributed by atoms with E-state index in [1.807, 2.05) is 11.9 Å². The monoisotopic (exact) mass is 468 g/mol. The maximum absolute atomic E-state index is 6.33. The smallest absolute Gasteiger partial charge is 0.257 e. The molecule has 0 unspecified atom stereocenters. The highest BCUT2D eigenvalue weighted by Crippen LogP contribution is 2.41. The fourth-order valence-electron chi connectivity index (χ4n) is 4.83. The number of nitrogens with zero attached hydrogens (tertiary/aromatic N) is 4. The first-order chi connectivity index (χ1) is 16.0. The molecule has 2 fully saturated rings. The molecule has 5 rings (SSSR count). The SMILES string of the molecule is CC/C=C(/OC1(C)CC1)N1CCC(Cc2noc(-c3ccc4c(c3)CCN(SC)C4)n2)CC1. The van der Waals surface area contributed by atoms with E-state index < -0.39 is 0 Å². The number of ether oxygens (including phenoxy) is 1. The quantitative estimate of drug-likeness (QED) is 0.377. The number of fused-ring (bicyclic) bond motifs is 1. The number of benzene rings is 1. The molecule has 0 atom stereocenters. The third-order valence-electron chi connectivity index (χ3n) is 7.24. The van der Waals surface area contributed by atoms with Crippen molar-refractivity contribution in [3.05, 3.63) is 47.1 Å². The van der Waals surface area contributed by atoms with Gasteiger partial charge in [-0.3, -0.25) is 0 Å². The number of rotatable bonds is 8. The van der Waals surface area contributed by atoms with Crippen LogP contribution in [0.1, 0.15) is 62.9 Å². The van der Waals surface area contributed by atoms with Crippen LogP contribution in [0.5, 0.6) is 0 Å². The second kappa shape index (κ2) is 9.71. The highest BCUT2D eigenvalue weighted by Gasteiger charge is 2.41. The molecule has 3 aliphatic rings. The summed E-state index contributed by atoms with van der Waals surface area (Å²) < 4.78 is 14.4. The van der Waals surface area contributed by atoms with Crippen molar-refractivity contribution in [1.82, 2.24) is 19.3 Å². The second-order valence-electron chi connectivity index (χ2n) is 9.93. The Labute approximate surface area is 201 Å². The van der Waals surface area contributed by atoms with Gasteiger partial charge < -0.3 is 14.2 Å². The summed E-state index contributed by atoms with van der Waals surface area (Å²) >= 11 is 1.82. The minimum Gasteiger partial charge on any atom is -0.473 e. The minimum atomic E-state index is 0.0733. The standard InChI is InChI=1S/C26H36N4O2S/c1-4-5-24(31-26(2)11-12-26)29-13-8-19(9-14-29)16-23-27-25(32-28-23)21-6-7-22-18-30(33-3)15-10-20(22)17-21/h5-7,17,19H,4,8-16,18H2,1-3H3/b24-5+. The average molecular weight is 469 g/mol. The molecule has 7 heteroatoms. The van der Waals surface area contributed by atoms with Gasteiger partial charge in [-0.05, 0) is 87.0 Å². The first kappa shape index (κ1) is 22.8. The van der Waals surface area contributed by atoms with Crippen molar-refractivity contribution in [3.63, 3.8) is 0 Å². The Morgan fingerprint density at radius 2 is 2.06 bits per heavy atom. The first-order valence-corrected chi connectivity index (χ1v) is 13.6. The first-order valence-electron chi connectivity index (χ1n) is 12.4. The number of piperidine rings is 1. The topological polar surface area (TPSA) is 54.6 Å². The van der Waals surface area contributed by atoms with Gasteiger partial charge in [0.25, 0.3) is 5.89 Å². The molecule has 3 heterocycles. The van der Waals surface area contributed by atoms with E-state index in [1.165, 1.54) is 24.0 Å². The molecule has 178 valence electrons. The number of hydrogen-bond donors (Lipinski definition) is 0. The normalized spacial score (nSPS) is 21.2. The van der Waals surface area contributed by atoms with Gasteiger partial charge in [0, 0.05) is 38.2 Å². The maximum Gasteiger partial charge on any atom is 0.257 e. The molecule has 0 bridgehead atoms. The predicted molar refractivity (Wildman–Crippen MR) is 132 cm³/mol.